The van der Waals surface area contributed by atoms with Crippen LogP contribution in [0.5, 0.6) is 0 Å². The summed E-state index contributed by atoms with van der Waals surface area (Å²) < 4.78 is 2.08. The van der Waals surface area contributed by atoms with Crippen molar-refractivity contribution in [2.24, 2.45) is 5.92 Å². The molecule has 0 aliphatic heterocycles. The molecule has 3 heteroatoms. The van der Waals surface area contributed by atoms with Crippen molar-refractivity contribution in [3.8, 4) is 0 Å². The third-order valence-corrected chi connectivity index (χ3v) is 2.70. The molecule has 0 aromatic carbocycles. The van der Waals surface area contributed by atoms with E-state index >= 15 is 0 Å². The fraction of sp³-hybridized carbons (Fsp3) is 0.769. The van der Waals surface area contributed by atoms with Crippen LogP contribution < -0.4 is 5.32 Å². The van der Waals surface area contributed by atoms with Gasteiger partial charge in [-0.2, -0.15) is 5.10 Å². The number of nitrogens with zero attached hydrogens (tertiary/aromatic N) is 2. The summed E-state index contributed by atoms with van der Waals surface area (Å²) in [6.07, 6.45) is 5.66. The van der Waals surface area contributed by atoms with Gasteiger partial charge in [-0.05, 0) is 44.8 Å². The molecule has 92 valence electrons. The van der Waals surface area contributed by atoms with Crippen LogP contribution in [0.4, 0.5) is 0 Å². The van der Waals surface area contributed by atoms with Crippen LogP contribution >= 0.6 is 0 Å². The molecule has 0 aliphatic rings. The number of aryl methyl sites for hydroxylation is 2. The molecular weight excluding hydrogens is 198 g/mol. The number of hydrogen-bond donors (Lipinski definition) is 1. The van der Waals surface area contributed by atoms with E-state index in [4.69, 9.17) is 0 Å². The van der Waals surface area contributed by atoms with Crippen molar-refractivity contribution in [2.45, 2.75) is 46.6 Å². The molecule has 0 atom stereocenters. The first-order chi connectivity index (χ1) is 7.70. The van der Waals surface area contributed by atoms with E-state index in [9.17, 15) is 0 Å². The lowest BCUT2D eigenvalue weighted by Crippen LogP contribution is -2.20. The fourth-order valence-corrected chi connectivity index (χ4v) is 1.71. The maximum Gasteiger partial charge on any atom is 0.0492 e. The van der Waals surface area contributed by atoms with Crippen molar-refractivity contribution in [3.05, 3.63) is 18.0 Å². The zero-order chi connectivity index (χ0) is 11.8. The van der Waals surface area contributed by atoms with Gasteiger partial charge in [0, 0.05) is 18.4 Å². The smallest absolute Gasteiger partial charge is 0.0492 e. The second kappa shape index (κ2) is 7.44. The van der Waals surface area contributed by atoms with Crippen LogP contribution in [0.15, 0.2) is 12.3 Å². The minimum absolute atomic E-state index is 0.756. The molecule has 1 aromatic heterocycles. The normalized spacial score (nSPS) is 11.2. The molecule has 3 nitrogen and oxygen atoms in total. The number of nitrogens with one attached hydrogen (secondary N) is 1. The molecule has 0 fully saturated rings. The quantitative estimate of drug-likeness (QED) is 0.687. The molecule has 0 saturated carbocycles. The summed E-state index contributed by atoms with van der Waals surface area (Å²) in [5.41, 5.74) is 1.26. The highest BCUT2D eigenvalue weighted by Gasteiger charge is 1.96. The van der Waals surface area contributed by atoms with Gasteiger partial charge < -0.3 is 5.32 Å². The van der Waals surface area contributed by atoms with E-state index in [2.05, 4.69) is 41.9 Å². The lowest BCUT2D eigenvalue weighted by Gasteiger charge is -2.07. The summed E-state index contributed by atoms with van der Waals surface area (Å²) in [6.45, 7) is 9.94. The number of unbranched alkanes of at least 4 members (excludes halogenated alkanes) is 2. The molecule has 0 bridgehead atoms. The maximum atomic E-state index is 4.27. The lowest BCUT2D eigenvalue weighted by atomic mass is 10.2. The van der Waals surface area contributed by atoms with Crippen molar-refractivity contribution >= 4 is 0 Å². The van der Waals surface area contributed by atoms with Crippen molar-refractivity contribution in [3.63, 3.8) is 0 Å². The molecule has 0 spiro atoms. The van der Waals surface area contributed by atoms with Gasteiger partial charge in [0.2, 0.25) is 0 Å². The third kappa shape index (κ3) is 5.31. The Hall–Kier alpha value is -0.830. The van der Waals surface area contributed by atoms with Gasteiger partial charge in [-0.25, -0.2) is 0 Å². The predicted molar refractivity (Wildman–Crippen MR) is 68.5 cm³/mol. The van der Waals surface area contributed by atoms with Crippen LogP contribution in [-0.2, 0) is 6.54 Å². The van der Waals surface area contributed by atoms with Crippen molar-refractivity contribution in [1.82, 2.24) is 15.1 Å². The second-order valence-electron chi connectivity index (χ2n) is 4.85. The third-order valence-electron chi connectivity index (χ3n) is 2.70. The predicted octanol–water partition coefficient (Wildman–Crippen LogP) is 2.61. The molecule has 0 amide bonds. The van der Waals surface area contributed by atoms with Gasteiger partial charge in [0.15, 0.2) is 0 Å². The first-order valence-corrected chi connectivity index (χ1v) is 6.39. The SMILES string of the molecule is Cc1ccnn1CCCCCNCC(C)C. The number of hydrogen-bond acceptors (Lipinski definition) is 2. The van der Waals surface area contributed by atoms with Crippen LogP contribution in [0, 0.1) is 12.8 Å². The average molecular weight is 223 g/mol. The Kier molecular flexibility index (Phi) is 6.16. The van der Waals surface area contributed by atoms with Crippen LogP contribution in [0.2, 0.25) is 0 Å². The molecule has 16 heavy (non-hydrogen) atoms. The standard InChI is InChI=1S/C13H25N3/c1-12(2)11-14-8-5-4-6-10-16-13(3)7-9-15-16/h7,9,12,14H,4-6,8,10-11H2,1-3H3. The molecule has 1 heterocycles. The first kappa shape index (κ1) is 13.2. The summed E-state index contributed by atoms with van der Waals surface area (Å²) in [7, 11) is 0. The van der Waals surface area contributed by atoms with Gasteiger partial charge in [-0.15, -0.1) is 0 Å². The molecule has 0 radical (unpaired) electrons. The van der Waals surface area contributed by atoms with Gasteiger partial charge in [0.25, 0.3) is 0 Å². The largest absolute Gasteiger partial charge is 0.316 e. The molecule has 1 rings (SSSR count). The summed E-state index contributed by atoms with van der Waals surface area (Å²) in [5, 5.41) is 7.74. The Morgan fingerprint density at radius 1 is 1.31 bits per heavy atom. The summed E-state index contributed by atoms with van der Waals surface area (Å²) in [4.78, 5) is 0. The van der Waals surface area contributed by atoms with Crippen molar-refractivity contribution in [1.29, 1.82) is 0 Å². The van der Waals surface area contributed by atoms with Gasteiger partial charge in [-0.1, -0.05) is 20.3 Å². The average Bonchev–Trinajstić information content (AvgIpc) is 2.62. The van der Waals surface area contributed by atoms with E-state index in [-0.39, 0.29) is 0 Å². The Bertz CT molecular complexity index is 278. The van der Waals surface area contributed by atoms with E-state index < -0.39 is 0 Å². The monoisotopic (exact) mass is 223 g/mol. The molecular formula is C13H25N3. The minimum atomic E-state index is 0.756. The van der Waals surface area contributed by atoms with Crippen LogP contribution in [-0.4, -0.2) is 22.9 Å². The minimum Gasteiger partial charge on any atom is -0.316 e. The maximum absolute atomic E-state index is 4.27. The van der Waals surface area contributed by atoms with Crippen molar-refractivity contribution < 1.29 is 0 Å². The fourth-order valence-electron chi connectivity index (χ4n) is 1.71. The molecule has 1 N–H and O–H groups in total. The first-order valence-electron chi connectivity index (χ1n) is 6.39. The van der Waals surface area contributed by atoms with Crippen LogP contribution in [0.25, 0.3) is 0 Å². The van der Waals surface area contributed by atoms with E-state index in [0.717, 1.165) is 25.6 Å². The van der Waals surface area contributed by atoms with E-state index in [1.54, 1.807) is 0 Å². The lowest BCUT2D eigenvalue weighted by molar-refractivity contribution is 0.502. The molecule has 1 aromatic rings. The van der Waals surface area contributed by atoms with E-state index in [1.165, 1.54) is 25.0 Å². The Morgan fingerprint density at radius 2 is 2.12 bits per heavy atom. The summed E-state index contributed by atoms with van der Waals surface area (Å²) >= 11 is 0. The van der Waals surface area contributed by atoms with Crippen LogP contribution in [0.3, 0.4) is 0 Å². The zero-order valence-corrected chi connectivity index (χ0v) is 10.9. The van der Waals surface area contributed by atoms with Crippen molar-refractivity contribution in [2.75, 3.05) is 13.1 Å². The number of rotatable bonds is 8. The highest BCUT2D eigenvalue weighted by molar-refractivity contribution is 4.96. The van der Waals surface area contributed by atoms with Crippen LogP contribution in [0.1, 0.15) is 38.8 Å². The Labute approximate surface area is 99.2 Å². The Morgan fingerprint density at radius 3 is 2.75 bits per heavy atom. The van der Waals surface area contributed by atoms with Gasteiger partial charge >= 0.3 is 0 Å². The van der Waals surface area contributed by atoms with Gasteiger partial charge in [-0.3, -0.25) is 4.68 Å². The topological polar surface area (TPSA) is 29.9 Å². The number of aromatic nitrogens is 2. The summed E-state index contributed by atoms with van der Waals surface area (Å²) in [5.74, 6) is 0.756. The second-order valence-corrected chi connectivity index (χ2v) is 4.85. The molecule has 0 aliphatic carbocycles. The molecule has 0 unspecified atom stereocenters. The van der Waals surface area contributed by atoms with E-state index in [1.807, 2.05) is 6.20 Å². The van der Waals surface area contributed by atoms with Gasteiger partial charge in [0.1, 0.15) is 0 Å². The zero-order valence-electron chi connectivity index (χ0n) is 10.9. The highest BCUT2D eigenvalue weighted by atomic mass is 15.3. The molecule has 0 saturated heterocycles. The van der Waals surface area contributed by atoms with Gasteiger partial charge in [0.05, 0.1) is 0 Å². The van der Waals surface area contributed by atoms with E-state index in [0.29, 0.717) is 0 Å². The Balaban J connectivity index is 1.94. The highest BCUT2D eigenvalue weighted by Crippen LogP contribution is 2.01. The summed E-state index contributed by atoms with van der Waals surface area (Å²) in [6, 6.07) is 2.06.